The van der Waals surface area contributed by atoms with Crippen LogP contribution in [0.2, 0.25) is 0 Å². The summed E-state index contributed by atoms with van der Waals surface area (Å²) < 4.78 is 115. The van der Waals surface area contributed by atoms with E-state index in [2.05, 4.69) is 52.7 Å². The first kappa shape index (κ1) is 49.9. The first-order chi connectivity index (χ1) is 34.6. The number of rotatable bonds is 12. The molecule has 6 aromatic rings. The van der Waals surface area contributed by atoms with Crippen LogP contribution >= 0.6 is 0 Å². The number of carbonyl (C=O) groups excluding carboxylic acids is 2. The maximum atomic E-state index is 15.5. The highest BCUT2D eigenvalue weighted by Gasteiger charge is 2.37. The van der Waals surface area contributed by atoms with Crippen molar-refractivity contribution in [3.8, 4) is 0 Å². The fourth-order valence-corrected chi connectivity index (χ4v) is 8.37. The van der Waals surface area contributed by atoms with Crippen molar-refractivity contribution in [1.29, 1.82) is 0 Å². The second kappa shape index (κ2) is 19.5. The predicted molar refractivity (Wildman–Crippen MR) is 254 cm³/mol. The van der Waals surface area contributed by atoms with Gasteiger partial charge in [-0.15, -0.1) is 11.1 Å². The van der Waals surface area contributed by atoms with Gasteiger partial charge in [-0.2, -0.15) is 36.5 Å². The van der Waals surface area contributed by atoms with Crippen molar-refractivity contribution in [3.05, 3.63) is 147 Å². The Morgan fingerprint density at radius 2 is 1.25 bits per heavy atom. The van der Waals surface area contributed by atoms with Crippen LogP contribution in [0.5, 0.6) is 0 Å². The summed E-state index contributed by atoms with van der Waals surface area (Å²) in [5.74, 6) is -4.20. The molecular weight excluding hydrogens is 973 g/mol. The molecule has 3 aliphatic rings. The van der Waals surface area contributed by atoms with Crippen molar-refractivity contribution in [1.82, 2.24) is 56.4 Å². The van der Waals surface area contributed by atoms with Gasteiger partial charge in [0, 0.05) is 105 Å². The predicted octanol–water partition coefficient (Wildman–Crippen LogP) is 6.80. The van der Waals surface area contributed by atoms with Crippen molar-refractivity contribution >= 4 is 51.6 Å². The molecule has 73 heavy (non-hydrogen) atoms. The number of aryl methyl sites for hydroxylation is 4. The standard InChI is InChI=1S/C47H46F8N16O2/c1-25-40(12-28(19-56-25)44(72)60-32-15-30(46(50,51)52)14-31(48)16-32)70-23-39(63-64-70)35-22-59-69(27(35)3)7-6-37-41(71-24-38(62-65-71)34-21-58-67(5)26(34)2)13-29(20-57-37)45(73)61-33-17-36(47(53,54)55)43(49)42(18-33)68-10-8-66(4)9-11-68/h12-24,62-65H,6-11H2,1-5H3,(H,60,72)(H,61,73). The zero-order chi connectivity index (χ0) is 52.1. The molecule has 0 bridgehead atoms. The molecule has 0 unspecified atom stereocenters. The Kier molecular flexibility index (Phi) is 13.3. The SMILES string of the molecule is Cc1ncc(C(=O)Nc2cc(F)cc(C(F)(F)F)c2)cc1N1C=C(c2cnn(CCc3ncc(C(=O)Nc4cc(N5CCN(C)CC5)c(F)c(C(F)(F)F)c4)cc3N3C=C(c4cnn(C)c4C)NN3)c2C)NN1. The van der Waals surface area contributed by atoms with E-state index in [-0.39, 0.29) is 54.2 Å². The Labute approximate surface area is 411 Å². The van der Waals surface area contributed by atoms with Crippen LogP contribution in [-0.2, 0) is 32.4 Å². The Morgan fingerprint density at radius 3 is 1.86 bits per heavy atom. The third-order valence-corrected chi connectivity index (χ3v) is 12.6. The normalized spacial score (nSPS) is 15.3. The number of hydrazine groups is 4. The van der Waals surface area contributed by atoms with Gasteiger partial charge in [0.25, 0.3) is 11.8 Å². The van der Waals surface area contributed by atoms with Crippen LogP contribution in [0.4, 0.5) is 63.6 Å². The number of likely N-dealkylation sites (N-methyl/N-ethyl adjacent to an activating group) is 1. The maximum absolute atomic E-state index is 15.5. The summed E-state index contributed by atoms with van der Waals surface area (Å²) in [5, 5.41) is 16.9. The Balaban J connectivity index is 0.950. The number of anilines is 5. The minimum Gasteiger partial charge on any atom is -0.367 e. The topological polar surface area (TPSA) is 181 Å². The number of nitrogens with zero attached hydrogens (tertiary/aromatic N) is 10. The molecule has 382 valence electrons. The van der Waals surface area contributed by atoms with Gasteiger partial charge in [-0.3, -0.25) is 38.9 Å². The van der Waals surface area contributed by atoms with Crippen LogP contribution in [0.1, 0.15) is 65.7 Å². The molecule has 0 radical (unpaired) electrons. The number of hydrogen-bond donors (Lipinski definition) is 6. The van der Waals surface area contributed by atoms with Crippen molar-refractivity contribution in [2.45, 2.75) is 46.1 Å². The number of benzene rings is 2. The molecular formula is C47H46F8N16O2. The van der Waals surface area contributed by atoms with Crippen LogP contribution in [0.3, 0.4) is 0 Å². The highest BCUT2D eigenvalue weighted by Crippen LogP contribution is 2.39. The molecule has 0 aliphatic carbocycles. The zero-order valence-electron chi connectivity index (χ0n) is 39.6. The number of carbonyl (C=O) groups is 2. The summed E-state index contributed by atoms with van der Waals surface area (Å²) in [6.07, 6.45) is -0.309. The molecule has 7 heterocycles. The highest BCUT2D eigenvalue weighted by atomic mass is 19.4. The molecule has 0 saturated carbocycles. The molecule has 1 fully saturated rings. The first-order valence-electron chi connectivity index (χ1n) is 22.5. The van der Waals surface area contributed by atoms with Gasteiger partial charge in [-0.1, -0.05) is 0 Å². The lowest BCUT2D eigenvalue weighted by Gasteiger charge is -2.34. The summed E-state index contributed by atoms with van der Waals surface area (Å²) in [4.78, 5) is 39.5. The Bertz CT molecular complexity index is 3190. The molecule has 0 spiro atoms. The molecule has 1 saturated heterocycles. The highest BCUT2D eigenvalue weighted by molar-refractivity contribution is 6.05. The third kappa shape index (κ3) is 10.5. The second-order valence-corrected chi connectivity index (χ2v) is 17.5. The van der Waals surface area contributed by atoms with Gasteiger partial charge in [-0.25, -0.2) is 8.78 Å². The number of pyridine rings is 2. The van der Waals surface area contributed by atoms with E-state index in [0.717, 1.165) is 23.0 Å². The van der Waals surface area contributed by atoms with Crippen molar-refractivity contribution in [2.75, 3.05) is 58.8 Å². The minimum atomic E-state index is -5.04. The molecule has 9 rings (SSSR count). The third-order valence-electron chi connectivity index (χ3n) is 12.6. The molecule has 6 N–H and O–H groups in total. The number of nitrogens with one attached hydrogen (secondary N) is 6. The van der Waals surface area contributed by atoms with Crippen molar-refractivity contribution in [3.63, 3.8) is 0 Å². The van der Waals surface area contributed by atoms with Gasteiger partial charge < -0.3 is 31.3 Å². The van der Waals surface area contributed by atoms with Gasteiger partial charge >= 0.3 is 12.4 Å². The van der Waals surface area contributed by atoms with E-state index in [1.54, 1.807) is 58.1 Å². The number of piperazine rings is 1. The lowest BCUT2D eigenvalue weighted by Crippen LogP contribution is -2.45. The quantitative estimate of drug-likeness (QED) is 0.0705. The summed E-state index contributed by atoms with van der Waals surface area (Å²) in [5.41, 5.74) is 14.6. The van der Waals surface area contributed by atoms with Gasteiger partial charge in [0.2, 0.25) is 0 Å². The molecule has 2 aromatic carbocycles. The number of amides is 2. The number of halogens is 8. The van der Waals surface area contributed by atoms with E-state index in [1.807, 2.05) is 25.8 Å². The molecule has 18 nitrogen and oxygen atoms in total. The summed E-state index contributed by atoms with van der Waals surface area (Å²) in [7, 11) is 3.66. The smallest absolute Gasteiger partial charge is 0.367 e. The van der Waals surface area contributed by atoms with Gasteiger partial charge in [-0.05, 0) is 70.3 Å². The maximum Gasteiger partial charge on any atom is 0.419 e. The fourth-order valence-electron chi connectivity index (χ4n) is 8.37. The van der Waals surface area contributed by atoms with E-state index in [4.69, 9.17) is 0 Å². The molecule has 26 heteroatoms. The van der Waals surface area contributed by atoms with Crippen LogP contribution < -0.4 is 47.5 Å². The summed E-state index contributed by atoms with van der Waals surface area (Å²) >= 11 is 0. The monoisotopic (exact) mass is 1020 g/mol. The lowest BCUT2D eigenvalue weighted by atomic mass is 10.1. The van der Waals surface area contributed by atoms with Crippen LogP contribution in [0.25, 0.3) is 11.4 Å². The fraction of sp³-hybridized carbons (Fsp3) is 0.277. The van der Waals surface area contributed by atoms with E-state index >= 15 is 4.39 Å². The second-order valence-electron chi connectivity index (χ2n) is 17.5. The van der Waals surface area contributed by atoms with Gasteiger partial charge in [0.05, 0.1) is 74.5 Å². The lowest BCUT2D eigenvalue weighted by molar-refractivity contribution is -0.140. The molecule has 0 atom stereocenters. The van der Waals surface area contributed by atoms with E-state index < -0.39 is 46.9 Å². The minimum absolute atomic E-state index is 0.00412. The van der Waals surface area contributed by atoms with Crippen LogP contribution in [0, 0.1) is 32.4 Å². The van der Waals surface area contributed by atoms with Crippen LogP contribution in [0.15, 0.2) is 79.7 Å². The zero-order valence-corrected chi connectivity index (χ0v) is 39.6. The Hall–Kier alpha value is -8.10. The Morgan fingerprint density at radius 1 is 0.658 bits per heavy atom. The number of aromatic nitrogens is 6. The molecule has 4 aromatic heterocycles. The summed E-state index contributed by atoms with van der Waals surface area (Å²) in [6, 6.07) is 6.51. The van der Waals surface area contributed by atoms with Gasteiger partial charge in [0.15, 0.2) is 5.82 Å². The van der Waals surface area contributed by atoms with Crippen molar-refractivity contribution < 1.29 is 44.7 Å². The van der Waals surface area contributed by atoms with E-state index in [1.165, 1.54) is 35.5 Å². The van der Waals surface area contributed by atoms with Gasteiger partial charge in [0.1, 0.15) is 5.82 Å². The number of alkyl halides is 6. The summed E-state index contributed by atoms with van der Waals surface area (Å²) in [6.45, 7) is 7.29. The number of hydrogen-bond acceptors (Lipinski definition) is 14. The average Bonchev–Trinajstić information content (AvgIpc) is 4.16. The largest absolute Gasteiger partial charge is 0.419 e. The van der Waals surface area contributed by atoms with Crippen LogP contribution in [-0.4, -0.2) is 79.5 Å². The molecule has 3 aliphatic heterocycles. The van der Waals surface area contributed by atoms with E-state index in [9.17, 15) is 40.3 Å². The van der Waals surface area contributed by atoms with E-state index in [0.29, 0.717) is 71.0 Å². The molecule has 2 amide bonds. The van der Waals surface area contributed by atoms with Crippen molar-refractivity contribution in [2.24, 2.45) is 7.05 Å². The first-order valence-corrected chi connectivity index (χ1v) is 22.5. The average molecular weight is 1020 g/mol.